The Morgan fingerprint density at radius 3 is 1.94 bits per heavy atom. The van der Waals surface area contributed by atoms with Gasteiger partial charge in [-0.3, -0.25) is 0 Å². The maximum absolute atomic E-state index is 5.36. The summed E-state index contributed by atoms with van der Waals surface area (Å²) in [6.07, 6.45) is 13.0. The maximum Gasteiger partial charge on any atom is -0.0279 e. The van der Waals surface area contributed by atoms with E-state index in [1.807, 2.05) is 0 Å². The molecule has 0 atom stereocenters. The highest BCUT2D eigenvalue weighted by Crippen LogP contribution is 2.12. The molecule has 0 bridgehead atoms. The first-order chi connectivity index (χ1) is 8.86. The minimum absolute atomic E-state index is 1.06. The molecule has 1 rings (SSSR count). The Hall–Kier alpha value is -1.04. The molecule has 0 nitrogen and oxygen atoms in total. The van der Waals surface area contributed by atoms with E-state index in [9.17, 15) is 0 Å². The highest BCUT2D eigenvalue weighted by molar-refractivity contribution is 5.22. The number of aryl methyl sites for hydroxylation is 2. The first kappa shape index (κ1) is 15.0. The minimum Gasteiger partial charge on any atom is -0.0845 e. The molecule has 1 aromatic carbocycles. The van der Waals surface area contributed by atoms with Gasteiger partial charge in [0.1, 0.15) is 0 Å². The lowest BCUT2D eigenvalue weighted by Gasteiger charge is -2.04. The van der Waals surface area contributed by atoms with Gasteiger partial charge in [0.2, 0.25) is 0 Å². The molecule has 0 amide bonds. The summed E-state index contributed by atoms with van der Waals surface area (Å²) in [5.41, 5.74) is 2.97. The second-order valence-electron chi connectivity index (χ2n) is 5.11. The zero-order valence-corrected chi connectivity index (χ0v) is 11.8. The Morgan fingerprint density at radius 1 is 0.833 bits per heavy atom. The fourth-order valence-corrected chi connectivity index (χ4v) is 2.20. The van der Waals surface area contributed by atoms with Crippen molar-refractivity contribution in [2.45, 2.75) is 64.7 Å². The van der Waals surface area contributed by atoms with Gasteiger partial charge in [-0.25, -0.2) is 0 Å². The van der Waals surface area contributed by atoms with Crippen molar-refractivity contribution in [3.63, 3.8) is 0 Å². The Bertz CT molecular complexity index is 307. The van der Waals surface area contributed by atoms with Crippen LogP contribution < -0.4 is 0 Å². The quantitative estimate of drug-likeness (QED) is 0.475. The SMILES string of the molecule is [CH]=CCCCCCCc1ccc(CCCC)cc1. The van der Waals surface area contributed by atoms with E-state index in [0.717, 1.165) is 6.42 Å². The van der Waals surface area contributed by atoms with E-state index < -0.39 is 0 Å². The summed E-state index contributed by atoms with van der Waals surface area (Å²) >= 11 is 0. The lowest BCUT2D eigenvalue weighted by atomic mass is 10.0. The molecule has 0 heterocycles. The molecule has 0 heteroatoms. The molecule has 0 saturated heterocycles. The van der Waals surface area contributed by atoms with Gasteiger partial charge >= 0.3 is 0 Å². The lowest BCUT2D eigenvalue weighted by molar-refractivity contribution is 0.646. The molecule has 0 aliphatic heterocycles. The van der Waals surface area contributed by atoms with Gasteiger partial charge in [0, 0.05) is 0 Å². The van der Waals surface area contributed by atoms with Crippen molar-refractivity contribution < 1.29 is 0 Å². The number of hydrogen-bond acceptors (Lipinski definition) is 0. The van der Waals surface area contributed by atoms with Gasteiger partial charge in [0.05, 0.1) is 0 Å². The van der Waals surface area contributed by atoms with Gasteiger partial charge in [-0.15, -0.1) is 0 Å². The highest BCUT2D eigenvalue weighted by Gasteiger charge is 1.96. The van der Waals surface area contributed by atoms with Crippen LogP contribution in [0, 0.1) is 6.58 Å². The molecule has 0 saturated carbocycles. The van der Waals surface area contributed by atoms with E-state index in [1.165, 1.54) is 62.5 Å². The van der Waals surface area contributed by atoms with Crippen LogP contribution in [0.4, 0.5) is 0 Å². The van der Waals surface area contributed by atoms with Gasteiger partial charge in [0.15, 0.2) is 0 Å². The van der Waals surface area contributed by atoms with E-state index in [1.54, 1.807) is 6.08 Å². The molecule has 1 aromatic rings. The summed E-state index contributed by atoms with van der Waals surface area (Å²) in [5.74, 6) is 0. The standard InChI is InChI=1S/C18H27/c1-3-5-7-8-9-10-12-18-15-13-17(14-16-18)11-6-4-2/h1,3,13-16H,4-12H2,2H3. The maximum atomic E-state index is 5.36. The summed E-state index contributed by atoms with van der Waals surface area (Å²) in [5, 5.41) is 0. The van der Waals surface area contributed by atoms with Gasteiger partial charge in [0.25, 0.3) is 0 Å². The van der Waals surface area contributed by atoms with E-state index >= 15 is 0 Å². The van der Waals surface area contributed by atoms with E-state index in [2.05, 4.69) is 31.2 Å². The molecule has 99 valence electrons. The predicted octanol–water partition coefficient (Wildman–Crippen LogP) is 5.51. The zero-order valence-electron chi connectivity index (χ0n) is 11.8. The molecular weight excluding hydrogens is 216 g/mol. The van der Waals surface area contributed by atoms with E-state index in [0.29, 0.717) is 0 Å². The van der Waals surface area contributed by atoms with Crippen molar-refractivity contribution in [3.8, 4) is 0 Å². The van der Waals surface area contributed by atoms with Crippen LogP contribution in [-0.4, -0.2) is 0 Å². The van der Waals surface area contributed by atoms with Crippen LogP contribution in [0.25, 0.3) is 0 Å². The third kappa shape index (κ3) is 6.64. The smallest absolute Gasteiger partial charge is 0.0279 e. The van der Waals surface area contributed by atoms with Crippen molar-refractivity contribution in [1.29, 1.82) is 0 Å². The summed E-state index contributed by atoms with van der Waals surface area (Å²) in [6, 6.07) is 9.21. The number of hydrogen-bond donors (Lipinski definition) is 0. The Balaban J connectivity index is 2.16. The molecule has 0 aliphatic carbocycles. The topological polar surface area (TPSA) is 0 Å². The largest absolute Gasteiger partial charge is 0.0845 e. The van der Waals surface area contributed by atoms with Crippen LogP contribution in [-0.2, 0) is 12.8 Å². The van der Waals surface area contributed by atoms with Crippen LogP contribution in [0.5, 0.6) is 0 Å². The Labute approximate surface area is 113 Å². The molecule has 0 N–H and O–H groups in total. The van der Waals surface area contributed by atoms with Gasteiger partial charge in [-0.1, -0.05) is 63.1 Å². The normalized spacial score (nSPS) is 10.5. The fraction of sp³-hybridized carbons (Fsp3) is 0.556. The van der Waals surface area contributed by atoms with Crippen LogP contribution in [0.15, 0.2) is 30.3 Å². The zero-order chi connectivity index (χ0) is 13.1. The molecule has 0 aliphatic rings. The van der Waals surface area contributed by atoms with Crippen LogP contribution in [0.2, 0.25) is 0 Å². The van der Waals surface area contributed by atoms with Crippen molar-refractivity contribution in [2.75, 3.05) is 0 Å². The predicted molar refractivity (Wildman–Crippen MR) is 80.7 cm³/mol. The van der Waals surface area contributed by atoms with Gasteiger partial charge in [-0.05, 0) is 49.7 Å². The fourth-order valence-electron chi connectivity index (χ4n) is 2.20. The number of unbranched alkanes of at least 4 members (excludes halogenated alkanes) is 5. The molecule has 0 unspecified atom stereocenters. The lowest BCUT2D eigenvalue weighted by Crippen LogP contribution is -1.89. The molecule has 0 fully saturated rings. The summed E-state index contributed by atoms with van der Waals surface area (Å²) in [6.45, 7) is 7.60. The first-order valence-corrected chi connectivity index (χ1v) is 7.48. The summed E-state index contributed by atoms with van der Waals surface area (Å²) < 4.78 is 0. The molecule has 1 radical (unpaired) electrons. The van der Waals surface area contributed by atoms with Crippen LogP contribution in [0.1, 0.15) is 63.0 Å². The number of allylic oxidation sites excluding steroid dienone is 1. The molecular formula is C18H27. The minimum atomic E-state index is 1.06. The Morgan fingerprint density at radius 2 is 1.39 bits per heavy atom. The molecule has 0 aromatic heterocycles. The van der Waals surface area contributed by atoms with Gasteiger partial charge < -0.3 is 0 Å². The second kappa shape index (κ2) is 9.94. The van der Waals surface area contributed by atoms with Crippen LogP contribution in [0.3, 0.4) is 0 Å². The first-order valence-electron chi connectivity index (χ1n) is 7.48. The van der Waals surface area contributed by atoms with E-state index in [4.69, 9.17) is 6.58 Å². The second-order valence-corrected chi connectivity index (χ2v) is 5.11. The van der Waals surface area contributed by atoms with Gasteiger partial charge in [-0.2, -0.15) is 0 Å². The van der Waals surface area contributed by atoms with Crippen molar-refractivity contribution in [3.05, 3.63) is 48.0 Å². The van der Waals surface area contributed by atoms with E-state index in [-0.39, 0.29) is 0 Å². The van der Waals surface area contributed by atoms with Crippen LogP contribution >= 0.6 is 0 Å². The number of rotatable bonds is 10. The Kier molecular flexibility index (Phi) is 8.29. The monoisotopic (exact) mass is 243 g/mol. The van der Waals surface area contributed by atoms with Crippen molar-refractivity contribution >= 4 is 0 Å². The summed E-state index contributed by atoms with van der Waals surface area (Å²) in [4.78, 5) is 0. The average Bonchev–Trinajstić information content (AvgIpc) is 2.42. The molecule has 0 spiro atoms. The third-order valence-electron chi connectivity index (χ3n) is 3.43. The summed E-state index contributed by atoms with van der Waals surface area (Å²) in [7, 11) is 0. The third-order valence-corrected chi connectivity index (χ3v) is 3.43. The van der Waals surface area contributed by atoms with Crippen molar-refractivity contribution in [2.24, 2.45) is 0 Å². The molecule has 18 heavy (non-hydrogen) atoms. The van der Waals surface area contributed by atoms with Crippen molar-refractivity contribution in [1.82, 2.24) is 0 Å². The highest BCUT2D eigenvalue weighted by atomic mass is 14.0. The average molecular weight is 243 g/mol. The number of benzene rings is 1.